The van der Waals surface area contributed by atoms with Crippen LogP contribution in [-0.4, -0.2) is 51.7 Å². The molecule has 0 bridgehead atoms. The number of carbonyl (C=O) groups excluding carboxylic acids is 1. The zero-order chi connectivity index (χ0) is 19.0. The zero-order valence-corrected chi connectivity index (χ0v) is 14.8. The Morgan fingerprint density at radius 1 is 1.33 bits per heavy atom. The summed E-state index contributed by atoms with van der Waals surface area (Å²) in [6.45, 7) is 2.36. The average molecular weight is 396 g/mol. The van der Waals surface area contributed by atoms with Crippen LogP contribution in [0.2, 0.25) is 0 Å². The van der Waals surface area contributed by atoms with Crippen LogP contribution < -0.4 is 10.6 Å². The first kappa shape index (κ1) is 17.6. The Hall–Kier alpha value is -2.82. The minimum Gasteiger partial charge on any atom is -0.358 e. The van der Waals surface area contributed by atoms with E-state index in [0.717, 1.165) is 12.1 Å². The molecule has 1 fully saturated rings. The van der Waals surface area contributed by atoms with E-state index >= 15 is 0 Å². The number of urea groups is 1. The second kappa shape index (κ2) is 6.72. The molecule has 27 heavy (non-hydrogen) atoms. The maximum absolute atomic E-state index is 12.9. The molecule has 2 aromatic heterocycles. The third kappa shape index (κ3) is 3.54. The van der Waals surface area contributed by atoms with E-state index in [1.54, 1.807) is 11.0 Å². The van der Waals surface area contributed by atoms with Gasteiger partial charge < -0.3 is 15.5 Å². The van der Waals surface area contributed by atoms with Crippen LogP contribution in [0.4, 0.5) is 23.1 Å². The van der Waals surface area contributed by atoms with E-state index in [9.17, 15) is 18.0 Å². The fourth-order valence-corrected chi connectivity index (χ4v) is 3.64. The van der Waals surface area contributed by atoms with Crippen molar-refractivity contribution in [2.45, 2.75) is 6.18 Å². The minimum atomic E-state index is -4.41. The van der Waals surface area contributed by atoms with Gasteiger partial charge in [-0.25, -0.2) is 14.3 Å². The number of benzene rings is 1. The van der Waals surface area contributed by atoms with Crippen molar-refractivity contribution in [1.82, 2.24) is 24.8 Å². The van der Waals surface area contributed by atoms with Crippen molar-refractivity contribution in [3.8, 4) is 11.3 Å². The summed E-state index contributed by atoms with van der Waals surface area (Å²) in [5.41, 5.74) is 0.162. The predicted octanol–water partition coefficient (Wildman–Crippen LogP) is 2.91. The lowest BCUT2D eigenvalue weighted by molar-refractivity contribution is -0.137. The molecule has 3 aromatic rings. The van der Waals surface area contributed by atoms with Crippen LogP contribution in [0.5, 0.6) is 0 Å². The third-order valence-corrected chi connectivity index (χ3v) is 5.05. The summed E-state index contributed by atoms with van der Waals surface area (Å²) in [5, 5.41) is 10.8. The topological polar surface area (TPSA) is 74.6 Å². The Bertz CT molecular complexity index is 982. The van der Waals surface area contributed by atoms with Crippen LogP contribution in [0, 0.1) is 0 Å². The molecule has 1 aliphatic heterocycles. The Labute approximate surface area is 155 Å². The summed E-state index contributed by atoms with van der Waals surface area (Å²) >= 11 is 1.29. The molecular weight excluding hydrogens is 381 g/mol. The van der Waals surface area contributed by atoms with Crippen LogP contribution in [0.15, 0.2) is 30.5 Å². The number of carbonyl (C=O) groups is 1. The van der Waals surface area contributed by atoms with E-state index in [4.69, 9.17) is 0 Å². The second-order valence-corrected chi connectivity index (χ2v) is 6.93. The number of hydrogen-bond donors (Lipinski definition) is 2. The van der Waals surface area contributed by atoms with Crippen molar-refractivity contribution >= 4 is 27.5 Å². The summed E-state index contributed by atoms with van der Waals surface area (Å²) in [6.07, 6.45) is -2.90. The van der Waals surface area contributed by atoms with Crippen molar-refractivity contribution in [3.63, 3.8) is 0 Å². The molecule has 7 nitrogen and oxygen atoms in total. The first-order chi connectivity index (χ1) is 12.9. The monoisotopic (exact) mass is 396 g/mol. The number of hydrogen-bond acceptors (Lipinski definition) is 5. The second-order valence-electron chi connectivity index (χ2n) is 5.97. The molecule has 4 rings (SSSR count). The highest BCUT2D eigenvalue weighted by Crippen LogP contribution is 2.33. The van der Waals surface area contributed by atoms with Gasteiger partial charge in [0.2, 0.25) is 10.1 Å². The van der Waals surface area contributed by atoms with Crippen molar-refractivity contribution < 1.29 is 18.0 Å². The molecule has 1 aliphatic rings. The van der Waals surface area contributed by atoms with E-state index in [2.05, 4.69) is 20.7 Å². The molecule has 142 valence electrons. The molecule has 0 aliphatic carbocycles. The molecule has 1 aromatic carbocycles. The number of amides is 2. The largest absolute Gasteiger partial charge is 0.416 e. The van der Waals surface area contributed by atoms with E-state index in [0.29, 0.717) is 47.5 Å². The lowest BCUT2D eigenvalue weighted by Crippen LogP contribution is -2.32. The summed E-state index contributed by atoms with van der Waals surface area (Å²) in [4.78, 5) is 18.0. The fraction of sp³-hybridized carbons (Fsp3) is 0.312. The first-order valence-corrected chi connectivity index (χ1v) is 9.02. The van der Waals surface area contributed by atoms with Gasteiger partial charge in [0.05, 0.1) is 17.5 Å². The summed E-state index contributed by atoms with van der Waals surface area (Å²) in [6, 6.07) is 4.99. The Balaban J connectivity index is 1.51. The smallest absolute Gasteiger partial charge is 0.358 e. The van der Waals surface area contributed by atoms with Gasteiger partial charge in [-0.15, -0.1) is 5.10 Å². The van der Waals surface area contributed by atoms with Crippen molar-refractivity contribution in [2.75, 3.05) is 31.5 Å². The molecule has 11 heteroatoms. The van der Waals surface area contributed by atoms with Gasteiger partial charge in [0.15, 0.2) is 0 Å². The van der Waals surface area contributed by atoms with Crippen LogP contribution in [0.25, 0.3) is 16.2 Å². The number of imidazole rings is 1. The number of fused-ring (bicyclic) bond motifs is 1. The molecule has 2 N–H and O–H groups in total. The molecule has 0 atom stereocenters. The molecule has 2 amide bonds. The quantitative estimate of drug-likeness (QED) is 0.696. The van der Waals surface area contributed by atoms with Gasteiger partial charge in [-0.3, -0.25) is 0 Å². The van der Waals surface area contributed by atoms with Gasteiger partial charge in [-0.2, -0.15) is 13.2 Å². The predicted molar refractivity (Wildman–Crippen MR) is 94.8 cm³/mol. The van der Waals surface area contributed by atoms with Gasteiger partial charge in [0.25, 0.3) is 0 Å². The van der Waals surface area contributed by atoms with Gasteiger partial charge in [-0.05, 0) is 12.1 Å². The number of alkyl halides is 3. The normalized spacial score (nSPS) is 14.8. The van der Waals surface area contributed by atoms with Crippen molar-refractivity contribution in [3.05, 3.63) is 36.0 Å². The van der Waals surface area contributed by atoms with E-state index in [1.165, 1.54) is 28.1 Å². The molecular formula is C16H15F3N6OS. The fourth-order valence-electron chi connectivity index (χ4n) is 2.84. The van der Waals surface area contributed by atoms with E-state index < -0.39 is 11.7 Å². The number of aromatic nitrogens is 3. The average Bonchev–Trinajstić information content (AvgIpc) is 3.30. The number of rotatable bonds is 5. The summed E-state index contributed by atoms with van der Waals surface area (Å²) < 4.78 is 40.4. The maximum atomic E-state index is 12.9. The third-order valence-electron chi connectivity index (χ3n) is 4.17. The van der Waals surface area contributed by atoms with Crippen molar-refractivity contribution in [2.24, 2.45) is 0 Å². The molecule has 0 spiro atoms. The molecule has 1 saturated heterocycles. The Morgan fingerprint density at radius 2 is 2.19 bits per heavy atom. The van der Waals surface area contributed by atoms with Crippen molar-refractivity contribution in [1.29, 1.82) is 0 Å². The van der Waals surface area contributed by atoms with E-state index in [-0.39, 0.29) is 6.03 Å². The number of anilines is 1. The summed E-state index contributed by atoms with van der Waals surface area (Å²) in [5.74, 6) is 0. The number of nitrogens with one attached hydrogen (secondary N) is 2. The summed E-state index contributed by atoms with van der Waals surface area (Å²) in [7, 11) is 0. The SMILES string of the molecule is O=C1NCCN1CCNc1nn2c(-c3cccc(C(F)(F)F)c3)cnc2s1. The lowest BCUT2D eigenvalue weighted by atomic mass is 10.1. The van der Waals surface area contributed by atoms with Gasteiger partial charge >= 0.3 is 12.2 Å². The van der Waals surface area contributed by atoms with Gasteiger partial charge in [0, 0.05) is 31.7 Å². The number of nitrogens with zero attached hydrogens (tertiary/aromatic N) is 4. The van der Waals surface area contributed by atoms with E-state index in [1.807, 2.05) is 0 Å². The lowest BCUT2D eigenvalue weighted by Gasteiger charge is -2.13. The highest BCUT2D eigenvalue weighted by molar-refractivity contribution is 7.20. The molecule has 0 radical (unpaired) electrons. The highest BCUT2D eigenvalue weighted by atomic mass is 32.1. The van der Waals surface area contributed by atoms with Crippen LogP contribution >= 0.6 is 11.3 Å². The number of halogens is 3. The molecule has 0 saturated carbocycles. The highest BCUT2D eigenvalue weighted by Gasteiger charge is 2.30. The standard InChI is InChI=1S/C16H15F3N6OS/c17-16(18,19)11-3-1-2-10(8-11)12-9-22-15-25(12)23-13(27-15)20-4-6-24-7-5-21-14(24)26/h1-3,8-9H,4-7H2,(H,20,23)(H,21,26). The van der Waals surface area contributed by atoms with Gasteiger partial charge in [0.1, 0.15) is 0 Å². The minimum absolute atomic E-state index is 0.0856. The Morgan fingerprint density at radius 3 is 2.93 bits per heavy atom. The van der Waals surface area contributed by atoms with Gasteiger partial charge in [-0.1, -0.05) is 23.5 Å². The first-order valence-electron chi connectivity index (χ1n) is 8.21. The van der Waals surface area contributed by atoms with Crippen LogP contribution in [0.3, 0.4) is 0 Å². The molecule has 0 unspecified atom stereocenters. The maximum Gasteiger partial charge on any atom is 0.416 e. The van der Waals surface area contributed by atoms with Crippen LogP contribution in [-0.2, 0) is 6.18 Å². The molecule has 3 heterocycles. The van der Waals surface area contributed by atoms with Crippen LogP contribution in [0.1, 0.15) is 5.56 Å². The zero-order valence-electron chi connectivity index (χ0n) is 14.0. The Kier molecular flexibility index (Phi) is 4.38.